The smallest absolute Gasteiger partial charge is 0.318 e. The van der Waals surface area contributed by atoms with Crippen LogP contribution in [0.1, 0.15) is 45.6 Å². The Labute approximate surface area is 238 Å². The lowest BCUT2D eigenvalue weighted by Gasteiger charge is -2.27. The number of nitrogens with one attached hydrogen (secondary N) is 2. The SMILES string of the molecule is CCCCNC(=O)[C@H](Cc1ccc(-c2ccccc2)cc1)NC(=O)N(CCSc1ccccc1)CCC(C)C. The van der Waals surface area contributed by atoms with Crippen molar-refractivity contribution < 1.29 is 9.59 Å². The van der Waals surface area contributed by atoms with Crippen LogP contribution in [-0.2, 0) is 11.2 Å². The van der Waals surface area contributed by atoms with Gasteiger partial charge in [-0.3, -0.25) is 4.79 Å². The molecule has 0 saturated heterocycles. The number of benzene rings is 3. The van der Waals surface area contributed by atoms with Crippen molar-refractivity contribution in [1.29, 1.82) is 0 Å². The molecular weight excluding hydrogens is 502 g/mol. The first kappa shape index (κ1) is 30.3. The molecule has 6 heteroatoms. The van der Waals surface area contributed by atoms with Gasteiger partial charge >= 0.3 is 6.03 Å². The maximum atomic E-state index is 13.5. The summed E-state index contributed by atoms with van der Waals surface area (Å²) in [5.74, 6) is 1.15. The van der Waals surface area contributed by atoms with Crippen LogP contribution in [0.2, 0.25) is 0 Å². The van der Waals surface area contributed by atoms with Gasteiger partial charge in [0, 0.05) is 36.7 Å². The molecule has 0 aliphatic heterocycles. The van der Waals surface area contributed by atoms with Gasteiger partial charge in [0.2, 0.25) is 5.91 Å². The molecule has 0 saturated carbocycles. The summed E-state index contributed by atoms with van der Waals surface area (Å²) < 4.78 is 0. The van der Waals surface area contributed by atoms with E-state index in [-0.39, 0.29) is 11.9 Å². The van der Waals surface area contributed by atoms with Crippen LogP contribution in [-0.4, -0.2) is 48.3 Å². The lowest BCUT2D eigenvalue weighted by Crippen LogP contribution is -2.53. The van der Waals surface area contributed by atoms with Gasteiger partial charge in [-0.15, -0.1) is 11.8 Å². The van der Waals surface area contributed by atoms with Gasteiger partial charge in [-0.25, -0.2) is 4.79 Å². The Balaban J connectivity index is 1.69. The number of nitrogens with zero attached hydrogens (tertiary/aromatic N) is 1. The first-order chi connectivity index (χ1) is 19.0. The van der Waals surface area contributed by atoms with E-state index in [1.54, 1.807) is 11.8 Å². The van der Waals surface area contributed by atoms with Crippen LogP contribution in [0.5, 0.6) is 0 Å². The van der Waals surface area contributed by atoms with Gasteiger partial charge in [0.1, 0.15) is 6.04 Å². The molecule has 0 heterocycles. The summed E-state index contributed by atoms with van der Waals surface area (Å²) in [6.45, 7) is 8.32. The van der Waals surface area contributed by atoms with Crippen molar-refractivity contribution in [3.63, 3.8) is 0 Å². The second-order valence-corrected chi connectivity index (χ2v) is 11.4. The predicted octanol–water partition coefficient (Wildman–Crippen LogP) is 7.03. The number of rotatable bonds is 15. The van der Waals surface area contributed by atoms with Crippen LogP contribution in [0.3, 0.4) is 0 Å². The molecule has 39 heavy (non-hydrogen) atoms. The summed E-state index contributed by atoms with van der Waals surface area (Å²) in [5, 5.41) is 6.10. The van der Waals surface area contributed by atoms with Gasteiger partial charge in [0.05, 0.1) is 0 Å². The van der Waals surface area contributed by atoms with Gasteiger partial charge in [-0.05, 0) is 47.6 Å². The molecule has 0 aliphatic rings. The molecule has 2 N–H and O–H groups in total. The zero-order chi connectivity index (χ0) is 27.9. The molecule has 0 spiro atoms. The fourth-order valence-corrected chi connectivity index (χ4v) is 5.08. The summed E-state index contributed by atoms with van der Waals surface area (Å²) in [5.41, 5.74) is 3.29. The third-order valence-corrected chi connectivity index (χ3v) is 7.57. The number of hydrogen-bond acceptors (Lipinski definition) is 3. The Morgan fingerprint density at radius 3 is 2.13 bits per heavy atom. The molecular formula is C33H43N3O2S. The molecule has 0 aliphatic carbocycles. The van der Waals surface area contributed by atoms with Crippen molar-refractivity contribution in [2.24, 2.45) is 5.92 Å². The normalized spacial score (nSPS) is 11.7. The first-order valence-corrected chi connectivity index (χ1v) is 15.1. The minimum Gasteiger partial charge on any atom is -0.354 e. The molecule has 0 radical (unpaired) electrons. The summed E-state index contributed by atoms with van der Waals surface area (Å²) in [4.78, 5) is 29.7. The summed E-state index contributed by atoms with van der Waals surface area (Å²) in [6, 6.07) is 27.9. The van der Waals surface area contributed by atoms with Gasteiger partial charge < -0.3 is 15.5 Å². The molecule has 3 amide bonds. The Kier molecular flexibility index (Phi) is 12.9. The zero-order valence-corrected chi connectivity index (χ0v) is 24.4. The van der Waals surface area contributed by atoms with Crippen molar-refractivity contribution in [2.45, 2.75) is 57.4 Å². The number of urea groups is 1. The van der Waals surface area contributed by atoms with E-state index in [0.717, 1.165) is 41.7 Å². The highest BCUT2D eigenvalue weighted by Gasteiger charge is 2.24. The fraction of sp³-hybridized carbons (Fsp3) is 0.394. The highest BCUT2D eigenvalue weighted by molar-refractivity contribution is 7.99. The van der Waals surface area contributed by atoms with E-state index in [0.29, 0.717) is 32.0 Å². The van der Waals surface area contributed by atoms with Crippen LogP contribution < -0.4 is 10.6 Å². The van der Waals surface area contributed by atoms with Crippen LogP contribution in [0.4, 0.5) is 4.79 Å². The fourth-order valence-electron chi connectivity index (χ4n) is 4.18. The molecule has 3 rings (SSSR count). The maximum absolute atomic E-state index is 13.5. The van der Waals surface area contributed by atoms with Gasteiger partial charge in [0.25, 0.3) is 0 Å². The van der Waals surface area contributed by atoms with Crippen LogP contribution in [0, 0.1) is 5.92 Å². The predicted molar refractivity (Wildman–Crippen MR) is 164 cm³/mol. The van der Waals surface area contributed by atoms with Crippen molar-refractivity contribution in [2.75, 3.05) is 25.4 Å². The van der Waals surface area contributed by atoms with Crippen molar-refractivity contribution in [3.05, 3.63) is 90.5 Å². The van der Waals surface area contributed by atoms with Crippen molar-refractivity contribution in [3.8, 4) is 11.1 Å². The second-order valence-electron chi connectivity index (χ2n) is 10.2. The number of hydrogen-bond donors (Lipinski definition) is 2. The quantitative estimate of drug-likeness (QED) is 0.159. The van der Waals surface area contributed by atoms with Crippen molar-refractivity contribution in [1.82, 2.24) is 15.5 Å². The number of amides is 3. The van der Waals surface area contributed by atoms with E-state index >= 15 is 0 Å². The standard InChI is InChI=1S/C33H43N3O2S/c1-4-5-21-34-32(37)31(25-27-16-18-29(19-17-27)28-12-8-6-9-13-28)35-33(38)36(22-20-26(2)3)23-24-39-30-14-10-7-11-15-30/h6-19,26,31H,4-5,20-25H2,1-3H3,(H,34,37)(H,35,38)/t31-/m0/s1. The number of thioether (sulfide) groups is 1. The van der Waals surface area contributed by atoms with E-state index < -0.39 is 6.04 Å². The van der Waals surface area contributed by atoms with Gasteiger partial charge in [-0.2, -0.15) is 0 Å². The Morgan fingerprint density at radius 2 is 1.49 bits per heavy atom. The van der Waals surface area contributed by atoms with Crippen molar-refractivity contribution >= 4 is 23.7 Å². The van der Waals surface area contributed by atoms with Crippen LogP contribution >= 0.6 is 11.8 Å². The molecule has 0 aromatic heterocycles. The molecule has 0 fully saturated rings. The maximum Gasteiger partial charge on any atom is 0.318 e. The molecule has 5 nitrogen and oxygen atoms in total. The Hall–Kier alpha value is -3.25. The molecule has 0 unspecified atom stereocenters. The lowest BCUT2D eigenvalue weighted by molar-refractivity contribution is -0.122. The lowest BCUT2D eigenvalue weighted by atomic mass is 10.0. The average molecular weight is 546 g/mol. The monoisotopic (exact) mass is 545 g/mol. The van der Waals surface area contributed by atoms with E-state index in [1.807, 2.05) is 53.4 Å². The highest BCUT2D eigenvalue weighted by Crippen LogP contribution is 2.20. The minimum atomic E-state index is -0.639. The van der Waals surface area contributed by atoms with Crippen LogP contribution in [0.25, 0.3) is 11.1 Å². The number of carbonyl (C=O) groups is 2. The van der Waals surface area contributed by atoms with E-state index in [2.05, 4.69) is 67.8 Å². The topological polar surface area (TPSA) is 61.4 Å². The summed E-state index contributed by atoms with van der Waals surface area (Å²) in [6.07, 6.45) is 3.27. The average Bonchev–Trinajstić information content (AvgIpc) is 2.95. The Morgan fingerprint density at radius 1 is 0.846 bits per heavy atom. The molecule has 208 valence electrons. The zero-order valence-electron chi connectivity index (χ0n) is 23.6. The van der Waals surface area contributed by atoms with Crippen LogP contribution in [0.15, 0.2) is 89.8 Å². The third-order valence-electron chi connectivity index (χ3n) is 6.58. The van der Waals surface area contributed by atoms with E-state index in [4.69, 9.17) is 0 Å². The van der Waals surface area contributed by atoms with E-state index in [9.17, 15) is 9.59 Å². The molecule has 3 aromatic carbocycles. The molecule has 0 bridgehead atoms. The van der Waals surface area contributed by atoms with E-state index in [1.165, 1.54) is 4.90 Å². The summed E-state index contributed by atoms with van der Waals surface area (Å²) >= 11 is 1.74. The Bertz CT molecular complexity index is 1120. The number of unbranched alkanes of at least 4 members (excludes halogenated alkanes) is 1. The van der Waals surface area contributed by atoms with Gasteiger partial charge in [-0.1, -0.05) is 100.0 Å². The summed E-state index contributed by atoms with van der Waals surface area (Å²) in [7, 11) is 0. The second kappa shape index (κ2) is 16.7. The number of carbonyl (C=O) groups excluding carboxylic acids is 2. The minimum absolute atomic E-state index is 0.133. The molecule has 3 aromatic rings. The molecule has 1 atom stereocenters. The third kappa shape index (κ3) is 10.8. The highest BCUT2D eigenvalue weighted by atomic mass is 32.2. The largest absolute Gasteiger partial charge is 0.354 e. The van der Waals surface area contributed by atoms with Gasteiger partial charge in [0.15, 0.2) is 0 Å². The first-order valence-electron chi connectivity index (χ1n) is 14.1.